The third kappa shape index (κ3) is 3.62. The van der Waals surface area contributed by atoms with Crippen LogP contribution in [0.15, 0.2) is 36.5 Å². The Hall–Kier alpha value is -2.77. The highest BCUT2D eigenvalue weighted by Gasteiger charge is 2.31. The van der Waals surface area contributed by atoms with Gasteiger partial charge in [0, 0.05) is 11.8 Å². The zero-order chi connectivity index (χ0) is 15.6. The summed E-state index contributed by atoms with van der Waals surface area (Å²) in [5, 5.41) is 8.89. The molecule has 0 spiro atoms. The number of alkyl halides is 3. The number of nitrogens with zero attached hydrogens (tertiary/aromatic N) is 1. The number of ether oxygens (including phenoxy) is 1. The maximum absolute atomic E-state index is 12.1. The minimum Gasteiger partial charge on any atom is -0.478 e. The normalized spacial score (nSPS) is 11.2. The Morgan fingerprint density at radius 1 is 1.24 bits per heavy atom. The Kier molecular flexibility index (Phi) is 3.70. The van der Waals surface area contributed by atoms with Crippen LogP contribution in [0, 0.1) is 0 Å². The molecule has 1 aromatic carbocycles. The number of benzene rings is 1. The van der Waals surface area contributed by atoms with Crippen LogP contribution in [0.5, 0.6) is 5.75 Å². The Bertz CT molecular complexity index is 669. The molecule has 0 fully saturated rings. The van der Waals surface area contributed by atoms with Gasteiger partial charge in [0.05, 0.1) is 5.56 Å². The molecular formula is C13H9F3N2O3. The first-order valence-electron chi connectivity index (χ1n) is 5.61. The molecule has 0 unspecified atom stereocenters. The quantitative estimate of drug-likeness (QED) is 0.910. The van der Waals surface area contributed by atoms with Crippen LogP contribution in [0.3, 0.4) is 0 Å². The summed E-state index contributed by atoms with van der Waals surface area (Å²) in [6, 6.07) is 6.18. The van der Waals surface area contributed by atoms with Gasteiger partial charge in [-0.25, -0.2) is 9.78 Å². The van der Waals surface area contributed by atoms with Crippen molar-refractivity contribution < 1.29 is 27.8 Å². The van der Waals surface area contributed by atoms with Crippen molar-refractivity contribution in [1.82, 2.24) is 4.98 Å². The number of nitrogen functional groups attached to an aromatic ring is 1. The van der Waals surface area contributed by atoms with Crippen molar-refractivity contribution in [2.75, 3.05) is 5.73 Å². The summed E-state index contributed by atoms with van der Waals surface area (Å²) in [7, 11) is 0. The number of hydrogen-bond acceptors (Lipinski definition) is 4. The molecule has 0 atom stereocenters. The third-order valence-electron chi connectivity index (χ3n) is 2.56. The fraction of sp³-hybridized carbons (Fsp3) is 0.0769. The third-order valence-corrected chi connectivity index (χ3v) is 2.56. The van der Waals surface area contributed by atoms with Gasteiger partial charge in [-0.15, -0.1) is 13.2 Å². The molecule has 0 saturated carbocycles. The second kappa shape index (κ2) is 5.31. The fourth-order valence-corrected chi connectivity index (χ4v) is 1.66. The Labute approximate surface area is 116 Å². The molecule has 3 N–H and O–H groups in total. The fourth-order valence-electron chi connectivity index (χ4n) is 1.66. The Morgan fingerprint density at radius 2 is 1.86 bits per heavy atom. The summed E-state index contributed by atoms with van der Waals surface area (Å²) in [6.45, 7) is 0. The van der Waals surface area contributed by atoms with E-state index < -0.39 is 12.3 Å². The van der Waals surface area contributed by atoms with E-state index in [2.05, 4.69) is 9.72 Å². The number of nitrogens with two attached hydrogens (primary N) is 1. The molecule has 2 aromatic rings. The molecule has 0 saturated heterocycles. The number of carboxylic acid groups (broad SMARTS) is 1. The molecule has 0 bridgehead atoms. The predicted molar refractivity (Wildman–Crippen MR) is 67.7 cm³/mol. The molecule has 2 rings (SSSR count). The zero-order valence-electron chi connectivity index (χ0n) is 10.4. The minimum absolute atomic E-state index is 0.0736. The van der Waals surface area contributed by atoms with Crippen molar-refractivity contribution in [2.24, 2.45) is 0 Å². The molecule has 0 aliphatic heterocycles. The van der Waals surface area contributed by atoms with Gasteiger partial charge in [-0.1, -0.05) is 12.1 Å². The van der Waals surface area contributed by atoms with E-state index in [0.29, 0.717) is 11.1 Å². The summed E-state index contributed by atoms with van der Waals surface area (Å²) < 4.78 is 39.9. The van der Waals surface area contributed by atoms with E-state index in [9.17, 15) is 18.0 Å². The van der Waals surface area contributed by atoms with Gasteiger partial charge in [0.15, 0.2) is 0 Å². The lowest BCUT2D eigenvalue weighted by Gasteiger charge is -2.10. The Balaban J connectivity index is 2.34. The average molecular weight is 298 g/mol. The molecule has 0 aliphatic rings. The van der Waals surface area contributed by atoms with Gasteiger partial charge in [0.2, 0.25) is 0 Å². The molecular weight excluding hydrogens is 289 g/mol. The predicted octanol–water partition coefficient (Wildman–Crippen LogP) is 2.93. The van der Waals surface area contributed by atoms with E-state index >= 15 is 0 Å². The van der Waals surface area contributed by atoms with E-state index in [1.807, 2.05) is 0 Å². The van der Waals surface area contributed by atoms with Crippen molar-refractivity contribution in [1.29, 1.82) is 0 Å². The van der Waals surface area contributed by atoms with Crippen LogP contribution in [0.4, 0.5) is 19.0 Å². The number of aromatic carboxylic acids is 1. The second-order valence-corrected chi connectivity index (χ2v) is 4.03. The van der Waals surface area contributed by atoms with Gasteiger partial charge in [-0.05, 0) is 23.8 Å². The Morgan fingerprint density at radius 3 is 2.38 bits per heavy atom. The van der Waals surface area contributed by atoms with E-state index in [0.717, 1.165) is 18.3 Å². The highest BCUT2D eigenvalue weighted by atomic mass is 19.4. The van der Waals surface area contributed by atoms with Crippen molar-refractivity contribution in [3.8, 4) is 16.9 Å². The maximum Gasteiger partial charge on any atom is 0.573 e. The molecule has 0 aliphatic carbocycles. The van der Waals surface area contributed by atoms with Gasteiger partial charge in [0.25, 0.3) is 0 Å². The standard InChI is InChI=1S/C13H9F3N2O3/c14-13(15,16)21-9-3-1-7(2-4-9)10-5-8(12(19)20)6-18-11(10)17/h1-6H,(H2,17,18)(H,19,20). The summed E-state index contributed by atoms with van der Waals surface area (Å²) in [5.41, 5.74) is 6.31. The summed E-state index contributed by atoms with van der Waals surface area (Å²) >= 11 is 0. The van der Waals surface area contributed by atoms with E-state index in [1.54, 1.807) is 0 Å². The van der Waals surface area contributed by atoms with Gasteiger partial charge >= 0.3 is 12.3 Å². The average Bonchev–Trinajstić information content (AvgIpc) is 2.38. The lowest BCUT2D eigenvalue weighted by atomic mass is 10.0. The van der Waals surface area contributed by atoms with Crippen LogP contribution < -0.4 is 10.5 Å². The van der Waals surface area contributed by atoms with Gasteiger partial charge in [-0.2, -0.15) is 0 Å². The topological polar surface area (TPSA) is 85.4 Å². The van der Waals surface area contributed by atoms with E-state index in [1.165, 1.54) is 18.2 Å². The van der Waals surface area contributed by atoms with Gasteiger partial charge in [0.1, 0.15) is 11.6 Å². The number of halogens is 3. The molecule has 0 radical (unpaired) electrons. The molecule has 8 heteroatoms. The van der Waals surface area contributed by atoms with E-state index in [4.69, 9.17) is 10.8 Å². The number of rotatable bonds is 3. The van der Waals surface area contributed by atoms with Crippen LogP contribution in [0.1, 0.15) is 10.4 Å². The number of carbonyl (C=O) groups is 1. The van der Waals surface area contributed by atoms with Gasteiger partial charge < -0.3 is 15.6 Å². The molecule has 1 aromatic heterocycles. The van der Waals surface area contributed by atoms with Crippen LogP contribution in [0.2, 0.25) is 0 Å². The molecule has 110 valence electrons. The second-order valence-electron chi connectivity index (χ2n) is 4.03. The molecule has 0 amide bonds. The smallest absolute Gasteiger partial charge is 0.478 e. The van der Waals surface area contributed by atoms with Crippen molar-refractivity contribution >= 4 is 11.8 Å². The number of hydrogen-bond donors (Lipinski definition) is 2. The number of pyridine rings is 1. The van der Waals surface area contributed by atoms with Crippen molar-refractivity contribution in [3.05, 3.63) is 42.1 Å². The highest BCUT2D eigenvalue weighted by molar-refractivity contribution is 5.90. The number of carboxylic acids is 1. The lowest BCUT2D eigenvalue weighted by Crippen LogP contribution is -2.16. The van der Waals surface area contributed by atoms with Crippen LogP contribution in [-0.4, -0.2) is 22.4 Å². The first-order chi connectivity index (χ1) is 9.76. The first kappa shape index (κ1) is 14.6. The van der Waals surface area contributed by atoms with Crippen LogP contribution >= 0.6 is 0 Å². The lowest BCUT2D eigenvalue weighted by molar-refractivity contribution is -0.274. The summed E-state index contributed by atoms with van der Waals surface area (Å²) in [4.78, 5) is 14.6. The largest absolute Gasteiger partial charge is 0.573 e. The summed E-state index contributed by atoms with van der Waals surface area (Å²) in [6.07, 6.45) is -3.67. The summed E-state index contributed by atoms with van der Waals surface area (Å²) in [5.74, 6) is -1.49. The van der Waals surface area contributed by atoms with Crippen LogP contribution in [-0.2, 0) is 0 Å². The van der Waals surface area contributed by atoms with Crippen molar-refractivity contribution in [3.63, 3.8) is 0 Å². The first-order valence-corrected chi connectivity index (χ1v) is 5.61. The van der Waals surface area contributed by atoms with Crippen molar-refractivity contribution in [2.45, 2.75) is 6.36 Å². The highest BCUT2D eigenvalue weighted by Crippen LogP contribution is 2.29. The number of anilines is 1. The molecule has 21 heavy (non-hydrogen) atoms. The van der Waals surface area contributed by atoms with E-state index in [-0.39, 0.29) is 17.1 Å². The SMILES string of the molecule is Nc1ncc(C(=O)O)cc1-c1ccc(OC(F)(F)F)cc1. The number of aromatic nitrogens is 1. The maximum atomic E-state index is 12.1. The zero-order valence-corrected chi connectivity index (χ0v) is 10.4. The minimum atomic E-state index is -4.77. The monoisotopic (exact) mass is 298 g/mol. The molecule has 1 heterocycles. The molecule has 5 nitrogen and oxygen atoms in total. The van der Waals surface area contributed by atoms with Crippen LogP contribution in [0.25, 0.3) is 11.1 Å². The van der Waals surface area contributed by atoms with Gasteiger partial charge in [-0.3, -0.25) is 0 Å².